The van der Waals surface area contributed by atoms with Crippen molar-refractivity contribution in [3.63, 3.8) is 0 Å². The number of aromatic nitrogens is 5. The van der Waals surface area contributed by atoms with Gasteiger partial charge >= 0.3 is 0 Å². The highest BCUT2D eigenvalue weighted by Crippen LogP contribution is 2.24. The highest BCUT2D eigenvalue weighted by atomic mass is 19.1. The first-order valence-electron chi connectivity index (χ1n) is 9.45. The van der Waals surface area contributed by atoms with Crippen LogP contribution >= 0.6 is 0 Å². The molecular weight excluding hydrogens is 387 g/mol. The maximum atomic E-state index is 13.5. The van der Waals surface area contributed by atoms with Crippen LogP contribution in [0, 0.1) is 12.7 Å². The Kier molecular flexibility index (Phi) is 5.34. The van der Waals surface area contributed by atoms with Gasteiger partial charge in [-0.05, 0) is 43.2 Å². The molecule has 3 aromatic heterocycles. The summed E-state index contributed by atoms with van der Waals surface area (Å²) < 4.78 is 20.5. The monoisotopic (exact) mass is 406 g/mol. The second kappa shape index (κ2) is 8.24. The number of carbonyl (C=O) groups is 1. The molecule has 4 aromatic rings. The van der Waals surface area contributed by atoms with Crippen molar-refractivity contribution >= 4 is 11.6 Å². The van der Waals surface area contributed by atoms with Crippen LogP contribution in [0.15, 0.2) is 53.6 Å². The summed E-state index contributed by atoms with van der Waals surface area (Å²) in [6.07, 6.45) is 6.26. The third-order valence-electron chi connectivity index (χ3n) is 4.47. The number of rotatable bonds is 6. The number of pyridine rings is 1. The Balaban J connectivity index is 1.61. The first-order valence-corrected chi connectivity index (χ1v) is 9.45. The van der Waals surface area contributed by atoms with Crippen molar-refractivity contribution in [2.24, 2.45) is 0 Å². The summed E-state index contributed by atoms with van der Waals surface area (Å²) in [5, 5.41) is 6.66. The van der Waals surface area contributed by atoms with Gasteiger partial charge in [-0.3, -0.25) is 9.36 Å². The van der Waals surface area contributed by atoms with Crippen LogP contribution in [0.2, 0.25) is 0 Å². The van der Waals surface area contributed by atoms with Crippen LogP contribution in [0.1, 0.15) is 35.2 Å². The van der Waals surface area contributed by atoms with Gasteiger partial charge in [0.25, 0.3) is 11.8 Å². The number of nitrogens with one attached hydrogen (secondary N) is 1. The zero-order chi connectivity index (χ0) is 21.1. The Labute approximate surface area is 171 Å². The van der Waals surface area contributed by atoms with Crippen molar-refractivity contribution in [1.82, 2.24) is 24.7 Å². The fourth-order valence-corrected chi connectivity index (χ4v) is 2.93. The summed E-state index contributed by atoms with van der Waals surface area (Å²) in [6, 6.07) is 7.78. The lowest BCUT2D eigenvalue weighted by molar-refractivity contribution is 0.102. The van der Waals surface area contributed by atoms with Gasteiger partial charge in [0.1, 0.15) is 17.8 Å². The number of hydrogen-bond acceptors (Lipinski definition) is 6. The molecule has 0 radical (unpaired) electrons. The Hall–Kier alpha value is -3.88. The number of carbonyl (C=O) groups excluding carboxylic acids is 1. The molecule has 0 spiro atoms. The minimum Gasteiger partial charge on any atom is -0.334 e. The number of halogens is 1. The largest absolute Gasteiger partial charge is 0.334 e. The zero-order valence-corrected chi connectivity index (χ0v) is 16.5. The lowest BCUT2D eigenvalue weighted by atomic mass is 10.2. The molecule has 4 rings (SSSR count). The van der Waals surface area contributed by atoms with Crippen molar-refractivity contribution in [2.45, 2.75) is 26.7 Å². The van der Waals surface area contributed by atoms with Crippen LogP contribution in [0.5, 0.6) is 0 Å². The average molecular weight is 406 g/mol. The Bertz CT molecular complexity index is 1200. The van der Waals surface area contributed by atoms with Crippen molar-refractivity contribution < 1.29 is 13.7 Å². The number of anilines is 1. The average Bonchev–Trinajstić information content (AvgIpc) is 3.41. The normalized spacial score (nSPS) is 10.9. The molecule has 0 unspecified atom stereocenters. The lowest BCUT2D eigenvalue weighted by Gasteiger charge is -2.07. The van der Waals surface area contributed by atoms with E-state index < -0.39 is 11.7 Å². The van der Waals surface area contributed by atoms with Gasteiger partial charge in [0.15, 0.2) is 11.6 Å². The molecule has 9 heteroatoms. The molecule has 0 bridgehead atoms. The van der Waals surface area contributed by atoms with E-state index in [0.717, 1.165) is 12.0 Å². The van der Waals surface area contributed by atoms with Gasteiger partial charge in [0.05, 0.1) is 5.56 Å². The molecular formula is C21H19FN6O2. The maximum Gasteiger partial charge on any atom is 0.275 e. The van der Waals surface area contributed by atoms with Gasteiger partial charge in [-0.25, -0.2) is 14.4 Å². The minimum absolute atomic E-state index is 0.160. The fraction of sp³-hybridized carbons (Fsp3) is 0.190. The van der Waals surface area contributed by atoms with Gasteiger partial charge in [-0.1, -0.05) is 18.1 Å². The molecule has 0 saturated carbocycles. The number of imidazole rings is 1. The molecule has 1 amide bonds. The number of aryl methyl sites for hydroxylation is 2. The van der Waals surface area contributed by atoms with Gasteiger partial charge in [-0.15, -0.1) is 0 Å². The first kappa shape index (κ1) is 19.4. The predicted octanol–water partition coefficient (Wildman–Crippen LogP) is 3.97. The van der Waals surface area contributed by atoms with E-state index >= 15 is 0 Å². The van der Waals surface area contributed by atoms with Crippen molar-refractivity contribution in [3.8, 4) is 17.3 Å². The van der Waals surface area contributed by atoms with E-state index in [0.29, 0.717) is 35.2 Å². The smallest absolute Gasteiger partial charge is 0.275 e. The third-order valence-corrected chi connectivity index (χ3v) is 4.47. The van der Waals surface area contributed by atoms with Crippen LogP contribution in [0.3, 0.4) is 0 Å². The van der Waals surface area contributed by atoms with Gasteiger partial charge < -0.3 is 9.84 Å². The molecule has 1 N–H and O–H groups in total. The van der Waals surface area contributed by atoms with Gasteiger partial charge in [-0.2, -0.15) is 4.98 Å². The quantitative estimate of drug-likeness (QED) is 0.520. The second-order valence-electron chi connectivity index (χ2n) is 6.72. The third kappa shape index (κ3) is 3.95. The second-order valence-corrected chi connectivity index (χ2v) is 6.72. The highest BCUT2D eigenvalue weighted by molar-refractivity contribution is 6.03. The summed E-state index contributed by atoms with van der Waals surface area (Å²) >= 11 is 0. The van der Waals surface area contributed by atoms with Crippen LogP contribution < -0.4 is 5.32 Å². The number of nitrogens with zero attached hydrogens (tertiary/aromatic N) is 5. The van der Waals surface area contributed by atoms with E-state index in [9.17, 15) is 9.18 Å². The molecule has 0 aliphatic heterocycles. The number of benzene rings is 1. The zero-order valence-electron chi connectivity index (χ0n) is 16.5. The highest BCUT2D eigenvalue weighted by Gasteiger charge is 2.17. The van der Waals surface area contributed by atoms with E-state index in [1.165, 1.54) is 18.5 Å². The topological polar surface area (TPSA) is 98.7 Å². The van der Waals surface area contributed by atoms with E-state index in [-0.39, 0.29) is 5.69 Å². The molecule has 0 saturated heterocycles. The van der Waals surface area contributed by atoms with E-state index in [2.05, 4.69) is 25.4 Å². The molecule has 30 heavy (non-hydrogen) atoms. The molecule has 0 fully saturated rings. The van der Waals surface area contributed by atoms with Gasteiger partial charge in [0.2, 0.25) is 0 Å². The van der Waals surface area contributed by atoms with Crippen molar-refractivity contribution in [2.75, 3.05) is 5.32 Å². The van der Waals surface area contributed by atoms with E-state index in [1.807, 2.05) is 6.92 Å². The summed E-state index contributed by atoms with van der Waals surface area (Å²) in [5.41, 5.74) is 1.92. The van der Waals surface area contributed by atoms with Crippen molar-refractivity contribution in [1.29, 1.82) is 0 Å². The van der Waals surface area contributed by atoms with Crippen molar-refractivity contribution in [3.05, 3.63) is 72.0 Å². The maximum absolute atomic E-state index is 13.5. The lowest BCUT2D eigenvalue weighted by Crippen LogP contribution is -2.13. The predicted molar refractivity (Wildman–Crippen MR) is 108 cm³/mol. The molecule has 0 atom stereocenters. The Morgan fingerprint density at radius 3 is 2.97 bits per heavy atom. The summed E-state index contributed by atoms with van der Waals surface area (Å²) in [6.45, 7) is 3.82. The van der Waals surface area contributed by atoms with E-state index in [4.69, 9.17) is 4.52 Å². The van der Waals surface area contributed by atoms with Gasteiger partial charge in [0, 0.05) is 24.5 Å². The van der Waals surface area contributed by atoms with Crippen LogP contribution in [-0.4, -0.2) is 30.6 Å². The Morgan fingerprint density at radius 2 is 2.13 bits per heavy atom. The molecule has 3 heterocycles. The molecule has 152 valence electrons. The number of hydrogen-bond donors (Lipinski definition) is 1. The first-order chi connectivity index (χ1) is 14.5. The molecule has 8 nitrogen and oxygen atoms in total. The van der Waals surface area contributed by atoms with E-state index in [1.54, 1.807) is 42.1 Å². The fourth-order valence-electron chi connectivity index (χ4n) is 2.93. The molecule has 0 aliphatic carbocycles. The van der Waals surface area contributed by atoms with Crippen LogP contribution in [-0.2, 0) is 6.42 Å². The Morgan fingerprint density at radius 1 is 1.27 bits per heavy atom. The van der Waals surface area contributed by atoms with Crippen LogP contribution in [0.4, 0.5) is 10.1 Å². The van der Waals surface area contributed by atoms with Crippen LogP contribution in [0.25, 0.3) is 17.3 Å². The SMILES string of the molecule is CCCc1noc(-c2cccnc2-n2cnc(C(=O)Nc3cc(F)ccc3C)c2)n1. The summed E-state index contributed by atoms with van der Waals surface area (Å²) in [7, 11) is 0. The standard InChI is InChI=1S/C21H19FN6O2/c1-3-5-18-26-21(30-27-18)15-6-4-9-23-19(15)28-11-17(24-12-28)20(29)25-16-10-14(22)8-7-13(16)2/h4,6-12H,3,5H2,1-2H3,(H,25,29). The molecule has 1 aromatic carbocycles. The summed E-state index contributed by atoms with van der Waals surface area (Å²) in [5.74, 6) is 0.581. The minimum atomic E-state index is -0.456. The molecule has 0 aliphatic rings. The number of amides is 1. The summed E-state index contributed by atoms with van der Waals surface area (Å²) in [4.78, 5) is 25.5.